The number of carbonyl (C=O) groups is 2. The normalized spacial score (nSPS) is 12.3. The second-order valence-corrected chi connectivity index (χ2v) is 9.06. The molecule has 2 aromatic carbocycles. The average molecular weight is 427 g/mol. The highest BCUT2D eigenvalue weighted by atomic mass is 19.1. The maximum absolute atomic E-state index is 13.3. The fraction of sp³-hybridized carbons (Fsp3) is 0.462. The van der Waals surface area contributed by atoms with Gasteiger partial charge in [-0.1, -0.05) is 64.1 Å². The van der Waals surface area contributed by atoms with E-state index in [0.29, 0.717) is 19.4 Å². The van der Waals surface area contributed by atoms with E-state index in [1.54, 1.807) is 24.0 Å². The van der Waals surface area contributed by atoms with Gasteiger partial charge in [-0.05, 0) is 54.0 Å². The van der Waals surface area contributed by atoms with Crippen molar-refractivity contribution in [1.82, 2.24) is 10.2 Å². The van der Waals surface area contributed by atoms with Crippen LogP contribution in [0.3, 0.4) is 0 Å². The summed E-state index contributed by atoms with van der Waals surface area (Å²) in [6.45, 7) is 11.1. The maximum Gasteiger partial charge on any atom is 0.242 e. The van der Waals surface area contributed by atoms with E-state index in [4.69, 9.17) is 0 Å². The standard InChI is InChI=1S/C26H35FN2O2/c1-6-17-28-25(31)19(2)29(18-21-9-14-23(27)15-10-21)24(30)16-11-20-7-12-22(13-8-20)26(3,4)5/h7-10,12-15,19H,6,11,16-18H2,1-5H3,(H,28,31). The van der Waals surface area contributed by atoms with Crippen LogP contribution in [0.2, 0.25) is 0 Å². The van der Waals surface area contributed by atoms with Gasteiger partial charge < -0.3 is 10.2 Å². The number of halogens is 1. The molecule has 2 amide bonds. The van der Waals surface area contributed by atoms with Crippen molar-refractivity contribution >= 4 is 11.8 Å². The van der Waals surface area contributed by atoms with E-state index in [1.807, 2.05) is 6.92 Å². The van der Waals surface area contributed by atoms with Crippen molar-refractivity contribution in [3.8, 4) is 0 Å². The quantitative estimate of drug-likeness (QED) is 0.613. The van der Waals surface area contributed by atoms with Gasteiger partial charge in [-0.3, -0.25) is 9.59 Å². The van der Waals surface area contributed by atoms with Crippen molar-refractivity contribution < 1.29 is 14.0 Å². The third-order valence-corrected chi connectivity index (χ3v) is 5.43. The van der Waals surface area contributed by atoms with Crippen LogP contribution in [-0.4, -0.2) is 29.3 Å². The van der Waals surface area contributed by atoms with Crippen LogP contribution in [0.5, 0.6) is 0 Å². The molecule has 2 aromatic rings. The van der Waals surface area contributed by atoms with E-state index in [-0.39, 0.29) is 29.6 Å². The number of rotatable bonds is 9. The molecule has 0 saturated carbocycles. The Labute approximate surface area is 185 Å². The largest absolute Gasteiger partial charge is 0.354 e. The first-order valence-electron chi connectivity index (χ1n) is 11.0. The Morgan fingerprint density at radius 3 is 2.13 bits per heavy atom. The smallest absolute Gasteiger partial charge is 0.242 e. The molecule has 0 radical (unpaired) electrons. The first-order valence-corrected chi connectivity index (χ1v) is 11.0. The van der Waals surface area contributed by atoms with Gasteiger partial charge in [0.15, 0.2) is 0 Å². The van der Waals surface area contributed by atoms with Crippen molar-refractivity contribution in [3.05, 3.63) is 71.0 Å². The molecule has 1 atom stereocenters. The maximum atomic E-state index is 13.3. The first-order chi connectivity index (χ1) is 14.6. The van der Waals surface area contributed by atoms with Crippen molar-refractivity contribution in [2.24, 2.45) is 0 Å². The summed E-state index contributed by atoms with van der Waals surface area (Å²) in [5.41, 5.74) is 3.22. The number of nitrogens with zero attached hydrogens (tertiary/aromatic N) is 1. The van der Waals surface area contributed by atoms with Crippen LogP contribution in [0.25, 0.3) is 0 Å². The van der Waals surface area contributed by atoms with Crippen LogP contribution >= 0.6 is 0 Å². The molecular weight excluding hydrogens is 391 g/mol. The fourth-order valence-electron chi connectivity index (χ4n) is 3.33. The molecule has 0 aliphatic heterocycles. The number of hydrogen-bond donors (Lipinski definition) is 1. The molecule has 168 valence electrons. The van der Waals surface area contributed by atoms with Crippen LogP contribution in [0.15, 0.2) is 48.5 Å². The number of benzene rings is 2. The lowest BCUT2D eigenvalue weighted by atomic mass is 9.86. The minimum Gasteiger partial charge on any atom is -0.354 e. The molecule has 0 aliphatic carbocycles. The molecule has 5 heteroatoms. The Morgan fingerprint density at radius 2 is 1.58 bits per heavy atom. The molecule has 0 saturated heterocycles. The molecule has 2 rings (SSSR count). The van der Waals surface area contributed by atoms with E-state index < -0.39 is 6.04 Å². The predicted octanol–water partition coefficient (Wildman–Crippen LogP) is 5.00. The Hall–Kier alpha value is -2.69. The van der Waals surface area contributed by atoms with Crippen LogP contribution in [0.4, 0.5) is 4.39 Å². The Bertz CT molecular complexity index is 854. The molecule has 0 aromatic heterocycles. The minimum atomic E-state index is -0.604. The lowest BCUT2D eigenvalue weighted by molar-refractivity contribution is -0.140. The highest BCUT2D eigenvalue weighted by molar-refractivity contribution is 5.87. The third-order valence-electron chi connectivity index (χ3n) is 5.43. The van der Waals surface area contributed by atoms with E-state index in [0.717, 1.165) is 17.5 Å². The lowest BCUT2D eigenvalue weighted by Crippen LogP contribution is -2.47. The number of nitrogens with one attached hydrogen (secondary N) is 1. The molecule has 0 aliphatic rings. The molecular formula is C26H35FN2O2. The summed E-state index contributed by atoms with van der Waals surface area (Å²) in [5, 5.41) is 2.86. The summed E-state index contributed by atoms with van der Waals surface area (Å²) in [6.07, 6.45) is 1.74. The average Bonchev–Trinajstić information content (AvgIpc) is 2.74. The fourth-order valence-corrected chi connectivity index (χ4v) is 3.33. The molecule has 0 fully saturated rings. The topological polar surface area (TPSA) is 49.4 Å². The molecule has 0 bridgehead atoms. The summed E-state index contributed by atoms with van der Waals surface area (Å²) in [4.78, 5) is 27.2. The number of amides is 2. The highest BCUT2D eigenvalue weighted by Crippen LogP contribution is 2.22. The lowest BCUT2D eigenvalue weighted by Gasteiger charge is -2.29. The van der Waals surface area contributed by atoms with Crippen molar-refractivity contribution in [3.63, 3.8) is 0 Å². The highest BCUT2D eigenvalue weighted by Gasteiger charge is 2.25. The molecule has 4 nitrogen and oxygen atoms in total. The SMILES string of the molecule is CCCNC(=O)C(C)N(Cc1ccc(F)cc1)C(=O)CCc1ccc(C(C)(C)C)cc1. The van der Waals surface area contributed by atoms with Crippen LogP contribution in [-0.2, 0) is 28.0 Å². The van der Waals surface area contributed by atoms with E-state index in [2.05, 4.69) is 50.4 Å². The Morgan fingerprint density at radius 1 is 1.00 bits per heavy atom. The third kappa shape index (κ3) is 7.50. The summed E-state index contributed by atoms with van der Waals surface area (Å²) >= 11 is 0. The molecule has 1 N–H and O–H groups in total. The first kappa shape index (κ1) is 24.6. The van der Waals surface area contributed by atoms with Gasteiger partial charge in [0.25, 0.3) is 0 Å². The Kier molecular flexibility index (Phi) is 8.78. The molecule has 31 heavy (non-hydrogen) atoms. The predicted molar refractivity (Wildman–Crippen MR) is 123 cm³/mol. The summed E-state index contributed by atoms with van der Waals surface area (Å²) in [7, 11) is 0. The summed E-state index contributed by atoms with van der Waals surface area (Å²) < 4.78 is 13.3. The van der Waals surface area contributed by atoms with Gasteiger partial charge in [-0.25, -0.2) is 4.39 Å². The second kappa shape index (κ2) is 11.1. The van der Waals surface area contributed by atoms with Crippen molar-refractivity contribution in [2.75, 3.05) is 6.54 Å². The van der Waals surface area contributed by atoms with E-state index >= 15 is 0 Å². The molecule has 1 unspecified atom stereocenters. The van der Waals surface area contributed by atoms with Gasteiger partial charge in [0, 0.05) is 19.5 Å². The van der Waals surface area contributed by atoms with Crippen molar-refractivity contribution in [1.29, 1.82) is 0 Å². The summed E-state index contributed by atoms with van der Waals surface area (Å²) in [6, 6.07) is 13.8. The van der Waals surface area contributed by atoms with Gasteiger partial charge >= 0.3 is 0 Å². The zero-order chi connectivity index (χ0) is 23.0. The van der Waals surface area contributed by atoms with Crippen LogP contribution in [0, 0.1) is 5.82 Å². The van der Waals surface area contributed by atoms with E-state index in [1.165, 1.54) is 17.7 Å². The monoisotopic (exact) mass is 426 g/mol. The summed E-state index contributed by atoms with van der Waals surface area (Å²) in [5.74, 6) is -0.593. The van der Waals surface area contributed by atoms with Crippen LogP contribution in [0.1, 0.15) is 64.2 Å². The second-order valence-electron chi connectivity index (χ2n) is 9.06. The van der Waals surface area contributed by atoms with E-state index in [9.17, 15) is 14.0 Å². The molecule has 0 heterocycles. The zero-order valence-corrected chi connectivity index (χ0v) is 19.4. The zero-order valence-electron chi connectivity index (χ0n) is 19.4. The van der Waals surface area contributed by atoms with Gasteiger partial charge in [0.1, 0.15) is 11.9 Å². The Balaban J connectivity index is 2.10. The number of aryl methyl sites for hydroxylation is 1. The minimum absolute atomic E-state index is 0.0849. The molecule has 0 spiro atoms. The number of hydrogen-bond acceptors (Lipinski definition) is 2. The van der Waals surface area contributed by atoms with Gasteiger partial charge in [-0.2, -0.15) is 0 Å². The number of carbonyl (C=O) groups excluding carboxylic acids is 2. The van der Waals surface area contributed by atoms with Crippen LogP contribution < -0.4 is 5.32 Å². The van der Waals surface area contributed by atoms with Gasteiger partial charge in [0.2, 0.25) is 11.8 Å². The van der Waals surface area contributed by atoms with Gasteiger partial charge in [0.05, 0.1) is 0 Å². The van der Waals surface area contributed by atoms with Crippen molar-refractivity contribution in [2.45, 2.75) is 71.9 Å². The van der Waals surface area contributed by atoms with Gasteiger partial charge in [-0.15, -0.1) is 0 Å².